The molecule has 1 aromatic heterocycles. The molecule has 6 nitrogen and oxygen atoms in total. The molecule has 3 aromatic rings. The third-order valence-corrected chi connectivity index (χ3v) is 2.85. The quantitative estimate of drug-likeness (QED) is 0.434. The van der Waals surface area contributed by atoms with Crippen LogP contribution in [0.5, 0.6) is 0 Å². The Hall–Kier alpha value is -3.15. The van der Waals surface area contributed by atoms with Crippen LogP contribution in [0.25, 0.3) is 5.69 Å². The average Bonchev–Trinajstić information content (AvgIpc) is 2.91. The molecule has 0 unspecified atom stereocenters. The molecular formula is C15H13N4O2+. The van der Waals surface area contributed by atoms with E-state index in [4.69, 9.17) is 4.52 Å². The summed E-state index contributed by atoms with van der Waals surface area (Å²) in [6.45, 7) is 0. The number of benzene rings is 2. The Morgan fingerprint density at radius 3 is 2.43 bits per heavy atom. The van der Waals surface area contributed by atoms with Gasteiger partial charge in [0.2, 0.25) is 5.69 Å². The molecule has 0 fully saturated rings. The number of nitrogens with one attached hydrogen (secondary N) is 2. The number of rotatable bonds is 4. The zero-order valence-corrected chi connectivity index (χ0v) is 11.1. The van der Waals surface area contributed by atoms with Crippen molar-refractivity contribution in [2.45, 2.75) is 0 Å². The number of H-pyrrole nitrogens is 1. The number of aromatic amines is 1. The topological polar surface area (TPSA) is 74.3 Å². The minimum atomic E-state index is -0.488. The third kappa shape index (κ3) is 2.89. The molecule has 0 amide bonds. The smallest absolute Gasteiger partial charge is 0.282 e. The fourth-order valence-corrected chi connectivity index (χ4v) is 1.84. The minimum Gasteiger partial charge on any atom is -0.282 e. The van der Waals surface area contributed by atoms with Gasteiger partial charge in [-0.15, -0.1) is 0 Å². The summed E-state index contributed by atoms with van der Waals surface area (Å²) in [6.07, 6.45) is 1.42. The van der Waals surface area contributed by atoms with Gasteiger partial charge in [-0.05, 0) is 22.1 Å². The molecule has 0 radical (unpaired) electrons. The summed E-state index contributed by atoms with van der Waals surface area (Å²) in [7, 11) is 0. The molecule has 21 heavy (non-hydrogen) atoms. The fraction of sp³-hybridized carbons (Fsp3) is 0. The van der Waals surface area contributed by atoms with E-state index in [2.05, 4.69) is 15.8 Å². The second-order valence-corrected chi connectivity index (χ2v) is 4.27. The van der Waals surface area contributed by atoms with Crippen LogP contribution in [0.15, 0.2) is 75.1 Å². The molecule has 3 rings (SSSR count). The van der Waals surface area contributed by atoms with Crippen molar-refractivity contribution in [2.75, 3.05) is 5.43 Å². The summed E-state index contributed by atoms with van der Waals surface area (Å²) in [5.41, 5.74) is 4.27. The number of hydrogen-bond acceptors (Lipinski definition) is 4. The van der Waals surface area contributed by atoms with Crippen LogP contribution in [-0.4, -0.2) is 11.5 Å². The first kappa shape index (κ1) is 12.9. The maximum atomic E-state index is 11.7. The summed E-state index contributed by atoms with van der Waals surface area (Å²) in [5.74, 6) is 0. The lowest BCUT2D eigenvalue weighted by molar-refractivity contribution is -0.671. The van der Waals surface area contributed by atoms with Gasteiger partial charge in [-0.2, -0.15) is 5.10 Å². The van der Waals surface area contributed by atoms with Crippen molar-refractivity contribution in [3.05, 3.63) is 76.8 Å². The van der Waals surface area contributed by atoms with E-state index in [0.717, 1.165) is 11.4 Å². The lowest BCUT2D eigenvalue weighted by atomic mass is 10.3. The van der Waals surface area contributed by atoms with Crippen molar-refractivity contribution < 1.29 is 9.20 Å². The first-order valence-corrected chi connectivity index (χ1v) is 6.38. The molecule has 0 bridgehead atoms. The summed E-state index contributed by atoms with van der Waals surface area (Å²) in [5, 5.41) is 6.60. The molecule has 0 saturated carbocycles. The van der Waals surface area contributed by atoms with E-state index in [0.29, 0.717) is 5.69 Å². The standard InChI is InChI=1S/C15H12N4O2/c20-15-14(11-16-17-12-7-3-1-4-8-12)19(18-21-15)13-9-5-2-6-10-13/h1-11,18H/p+1. The van der Waals surface area contributed by atoms with E-state index < -0.39 is 5.63 Å². The normalized spacial score (nSPS) is 10.9. The van der Waals surface area contributed by atoms with Crippen molar-refractivity contribution in [1.29, 1.82) is 0 Å². The number of para-hydroxylation sites is 2. The third-order valence-electron chi connectivity index (χ3n) is 2.85. The predicted molar refractivity (Wildman–Crippen MR) is 78.5 cm³/mol. The predicted octanol–water partition coefficient (Wildman–Crippen LogP) is 1.69. The van der Waals surface area contributed by atoms with E-state index in [9.17, 15) is 4.79 Å². The molecule has 0 spiro atoms. The Balaban J connectivity index is 1.86. The van der Waals surface area contributed by atoms with Gasteiger partial charge in [0.25, 0.3) is 0 Å². The summed E-state index contributed by atoms with van der Waals surface area (Å²) in [4.78, 5) is 11.7. The highest BCUT2D eigenvalue weighted by Crippen LogP contribution is 2.04. The zero-order valence-electron chi connectivity index (χ0n) is 11.1. The highest BCUT2D eigenvalue weighted by atomic mass is 16.5. The molecule has 104 valence electrons. The first-order chi connectivity index (χ1) is 10.3. The lowest BCUT2D eigenvalue weighted by Crippen LogP contribution is -2.38. The molecule has 0 aliphatic rings. The number of nitrogens with zero attached hydrogens (tertiary/aromatic N) is 2. The van der Waals surface area contributed by atoms with E-state index in [1.165, 1.54) is 10.9 Å². The Kier molecular flexibility index (Phi) is 3.60. The number of hydrazone groups is 1. The highest BCUT2D eigenvalue weighted by molar-refractivity contribution is 5.75. The number of hydrogen-bond donors (Lipinski definition) is 2. The van der Waals surface area contributed by atoms with Gasteiger partial charge in [0.15, 0.2) is 0 Å². The van der Waals surface area contributed by atoms with Crippen LogP contribution in [-0.2, 0) is 0 Å². The van der Waals surface area contributed by atoms with Crippen LogP contribution in [0.4, 0.5) is 5.69 Å². The molecule has 0 saturated heterocycles. The van der Waals surface area contributed by atoms with Crippen LogP contribution in [0, 0.1) is 0 Å². The molecule has 1 heterocycles. The maximum Gasteiger partial charge on any atom is 0.436 e. The molecular weight excluding hydrogens is 268 g/mol. The van der Waals surface area contributed by atoms with E-state index in [-0.39, 0.29) is 0 Å². The fourth-order valence-electron chi connectivity index (χ4n) is 1.84. The molecule has 2 N–H and O–H groups in total. The van der Waals surface area contributed by atoms with Crippen LogP contribution in [0.3, 0.4) is 0 Å². The SMILES string of the molecule is O=c1o[nH][n+](-c2ccccc2)c1C=NNc1ccccc1. The van der Waals surface area contributed by atoms with Crippen LogP contribution >= 0.6 is 0 Å². The van der Waals surface area contributed by atoms with Crippen LogP contribution in [0.2, 0.25) is 0 Å². The summed E-state index contributed by atoms with van der Waals surface area (Å²) >= 11 is 0. The van der Waals surface area contributed by atoms with Crippen molar-refractivity contribution in [3.63, 3.8) is 0 Å². The number of anilines is 1. The van der Waals surface area contributed by atoms with Gasteiger partial charge in [0.1, 0.15) is 6.21 Å². The Bertz CT molecular complexity index is 791. The molecule has 2 aromatic carbocycles. The summed E-state index contributed by atoms with van der Waals surface area (Å²) in [6, 6.07) is 18.8. The molecule has 0 aliphatic carbocycles. The van der Waals surface area contributed by atoms with Crippen molar-refractivity contribution >= 4 is 11.9 Å². The summed E-state index contributed by atoms with van der Waals surface area (Å²) < 4.78 is 6.34. The molecule has 6 heteroatoms. The molecule has 0 aliphatic heterocycles. The van der Waals surface area contributed by atoms with Gasteiger partial charge in [0.05, 0.1) is 5.69 Å². The Labute approximate surface area is 120 Å². The second-order valence-electron chi connectivity index (χ2n) is 4.27. The maximum absolute atomic E-state index is 11.7. The van der Waals surface area contributed by atoms with Crippen molar-refractivity contribution in [3.8, 4) is 5.69 Å². The average molecular weight is 281 g/mol. The molecule has 0 atom stereocenters. The van der Waals surface area contributed by atoms with Crippen molar-refractivity contribution in [1.82, 2.24) is 5.27 Å². The van der Waals surface area contributed by atoms with Gasteiger partial charge >= 0.3 is 11.3 Å². The van der Waals surface area contributed by atoms with E-state index >= 15 is 0 Å². The van der Waals surface area contributed by atoms with Crippen LogP contribution in [0.1, 0.15) is 5.69 Å². The first-order valence-electron chi connectivity index (χ1n) is 6.38. The minimum absolute atomic E-state index is 0.296. The Morgan fingerprint density at radius 1 is 1.05 bits per heavy atom. The Morgan fingerprint density at radius 2 is 1.71 bits per heavy atom. The lowest BCUT2D eigenvalue weighted by Gasteiger charge is -1.96. The second kappa shape index (κ2) is 5.87. The van der Waals surface area contributed by atoms with E-state index in [1.54, 1.807) is 0 Å². The van der Waals surface area contributed by atoms with Crippen LogP contribution < -0.4 is 15.7 Å². The number of aromatic nitrogens is 2. The van der Waals surface area contributed by atoms with Gasteiger partial charge in [-0.1, -0.05) is 36.4 Å². The zero-order chi connectivity index (χ0) is 14.5. The monoisotopic (exact) mass is 281 g/mol. The van der Waals surface area contributed by atoms with Gasteiger partial charge in [-0.25, -0.2) is 4.79 Å². The van der Waals surface area contributed by atoms with Crippen molar-refractivity contribution in [2.24, 2.45) is 5.10 Å². The van der Waals surface area contributed by atoms with Gasteiger partial charge in [-0.3, -0.25) is 9.95 Å². The highest BCUT2D eigenvalue weighted by Gasteiger charge is 2.20. The largest absolute Gasteiger partial charge is 0.436 e. The van der Waals surface area contributed by atoms with Gasteiger partial charge in [0, 0.05) is 12.1 Å². The van der Waals surface area contributed by atoms with Gasteiger partial charge < -0.3 is 0 Å². The van der Waals surface area contributed by atoms with E-state index in [1.807, 2.05) is 60.7 Å².